The van der Waals surface area contributed by atoms with Crippen LogP contribution in [0, 0.1) is 11.8 Å². The molecule has 6 heteroatoms. The van der Waals surface area contributed by atoms with Crippen LogP contribution in [0.15, 0.2) is 12.4 Å². The molecule has 196 valence electrons. The molecule has 1 aliphatic carbocycles. The summed E-state index contributed by atoms with van der Waals surface area (Å²) in [5.74, 6) is 2.75. The van der Waals surface area contributed by atoms with Crippen LogP contribution in [-0.4, -0.2) is 76.9 Å². The summed E-state index contributed by atoms with van der Waals surface area (Å²) < 4.78 is 0. The zero-order valence-electron chi connectivity index (χ0n) is 23.0. The summed E-state index contributed by atoms with van der Waals surface area (Å²) in [5, 5.41) is 0. The highest BCUT2D eigenvalue weighted by Gasteiger charge is 2.41. The fourth-order valence-corrected chi connectivity index (χ4v) is 6.56. The van der Waals surface area contributed by atoms with Crippen molar-refractivity contribution in [3.8, 4) is 0 Å². The van der Waals surface area contributed by atoms with Gasteiger partial charge < -0.3 is 9.80 Å². The van der Waals surface area contributed by atoms with E-state index < -0.39 is 0 Å². The number of fused-ring (bicyclic) bond motifs is 2. The Hall–Kier alpha value is -1.53. The molecule has 1 aromatic rings. The Morgan fingerprint density at radius 3 is 1.94 bits per heavy atom. The van der Waals surface area contributed by atoms with Crippen molar-refractivity contribution in [1.29, 1.82) is 0 Å². The van der Waals surface area contributed by atoms with Gasteiger partial charge in [-0.25, -0.2) is 9.97 Å². The highest BCUT2D eigenvalue weighted by atomic mass is 16.1. The number of nitrogens with zero attached hydrogens (tertiary/aromatic N) is 5. The van der Waals surface area contributed by atoms with Gasteiger partial charge >= 0.3 is 0 Å². The molecule has 4 aliphatic rings. The molecule has 6 nitrogen and oxygen atoms in total. The number of hydrogen-bond donors (Lipinski definition) is 0. The van der Waals surface area contributed by atoms with Crippen LogP contribution in [0.4, 0.5) is 5.95 Å². The van der Waals surface area contributed by atoms with Gasteiger partial charge in [-0.1, -0.05) is 33.1 Å². The Kier molecular flexibility index (Phi) is 9.20. The normalized spacial score (nSPS) is 26.8. The predicted molar refractivity (Wildman–Crippen MR) is 144 cm³/mol. The topological polar surface area (TPSA) is 52.6 Å². The molecule has 0 spiro atoms. The third-order valence-electron chi connectivity index (χ3n) is 8.90. The fraction of sp³-hybridized carbons (Fsp3) is 0.828. The molecule has 1 aromatic heterocycles. The molecule has 3 aliphatic heterocycles. The minimum Gasteiger partial charge on any atom is -0.332 e. The first kappa shape index (κ1) is 26.5. The molecule has 0 amide bonds. The van der Waals surface area contributed by atoms with E-state index in [0.717, 1.165) is 31.9 Å². The number of anilines is 1. The number of piperazine rings is 1. The lowest BCUT2D eigenvalue weighted by molar-refractivity contribution is -0.126. The third kappa shape index (κ3) is 6.62. The number of carbonyl (C=O) groups excluding carboxylic acids is 1. The molecule has 35 heavy (non-hydrogen) atoms. The molecule has 0 aromatic carbocycles. The lowest BCUT2D eigenvalue weighted by atomic mass is 9.83. The van der Waals surface area contributed by atoms with Crippen LogP contribution in [0.3, 0.4) is 0 Å². The summed E-state index contributed by atoms with van der Waals surface area (Å²) in [4.78, 5) is 28.6. The molecule has 3 saturated heterocycles. The van der Waals surface area contributed by atoms with Gasteiger partial charge in [0.25, 0.3) is 0 Å². The maximum atomic E-state index is 11.5. The lowest BCUT2D eigenvalue weighted by Crippen LogP contribution is -2.56. The third-order valence-corrected chi connectivity index (χ3v) is 8.90. The Labute approximate surface area is 213 Å². The summed E-state index contributed by atoms with van der Waals surface area (Å²) in [6.45, 7) is 13.3. The fourth-order valence-electron chi connectivity index (χ4n) is 6.56. The molecule has 5 rings (SSSR count). The van der Waals surface area contributed by atoms with E-state index >= 15 is 0 Å². The van der Waals surface area contributed by atoms with E-state index in [1.807, 2.05) is 13.8 Å². The van der Waals surface area contributed by atoms with Crippen LogP contribution in [0.5, 0.6) is 0 Å². The van der Waals surface area contributed by atoms with E-state index in [1.54, 1.807) is 0 Å². The summed E-state index contributed by atoms with van der Waals surface area (Å²) in [7, 11) is 2.21. The van der Waals surface area contributed by atoms with Crippen LogP contribution >= 0.6 is 0 Å². The van der Waals surface area contributed by atoms with Gasteiger partial charge in [0.05, 0.1) is 0 Å². The van der Waals surface area contributed by atoms with Crippen LogP contribution in [0.1, 0.15) is 97.0 Å². The van der Waals surface area contributed by atoms with Gasteiger partial charge in [-0.15, -0.1) is 0 Å². The molecular weight excluding hydrogens is 434 g/mol. The van der Waals surface area contributed by atoms with Crippen LogP contribution in [0.25, 0.3) is 0 Å². The summed E-state index contributed by atoms with van der Waals surface area (Å²) in [6.07, 6.45) is 15.4. The average Bonchev–Trinajstić information content (AvgIpc) is 3.13. The van der Waals surface area contributed by atoms with E-state index in [-0.39, 0.29) is 5.92 Å². The average molecular weight is 484 g/mol. The molecule has 0 radical (unpaired) electrons. The molecule has 4 heterocycles. The minimum absolute atomic E-state index is 0.248. The number of aromatic nitrogens is 2. The highest BCUT2D eigenvalue weighted by Crippen LogP contribution is 2.34. The number of piperidine rings is 1. The summed E-state index contributed by atoms with van der Waals surface area (Å²) in [5.41, 5.74) is 1.33. The van der Waals surface area contributed by atoms with E-state index in [1.165, 1.54) is 63.6 Å². The summed E-state index contributed by atoms with van der Waals surface area (Å²) >= 11 is 0. The second-order valence-corrected chi connectivity index (χ2v) is 12.1. The first-order valence-electron chi connectivity index (χ1n) is 14.4. The predicted octanol–water partition coefficient (Wildman–Crippen LogP) is 5.14. The summed E-state index contributed by atoms with van der Waals surface area (Å²) in [6, 6.07) is 1.84. The number of rotatable bonds is 5. The first-order chi connectivity index (χ1) is 16.8. The van der Waals surface area contributed by atoms with Crippen molar-refractivity contribution in [2.75, 3.05) is 38.1 Å². The van der Waals surface area contributed by atoms with E-state index in [0.29, 0.717) is 35.7 Å². The maximum absolute atomic E-state index is 11.5. The quantitative estimate of drug-likeness (QED) is 0.578. The number of carbonyl (C=O) groups is 1. The van der Waals surface area contributed by atoms with Crippen LogP contribution < -0.4 is 4.90 Å². The Morgan fingerprint density at radius 2 is 1.43 bits per heavy atom. The van der Waals surface area contributed by atoms with Gasteiger partial charge in [0.15, 0.2) is 0 Å². The largest absolute Gasteiger partial charge is 0.332 e. The molecule has 4 fully saturated rings. The van der Waals surface area contributed by atoms with Crippen molar-refractivity contribution in [1.82, 2.24) is 19.8 Å². The SMILES string of the molecule is CC(C)C(=O)C1CCCCC1.CC(C)N1CC2CCC(C1)N2c1ncc(C2CCN(C)CC2)cn1. The standard InChI is InChI=1S/C19H31N5.C10H18O/c1-14(2)23-12-17-4-5-18(13-23)24(17)19-20-10-16(11-21-19)15-6-8-22(3)9-7-15;1-8(2)10(11)9-6-4-3-5-7-9/h10-11,14-15,17-18H,4-9,12-13H2,1-3H3;8-9H,3-7H2,1-2H3. The van der Waals surface area contributed by atoms with E-state index in [2.05, 4.69) is 48.0 Å². The zero-order chi connectivity index (χ0) is 24.9. The van der Waals surface area contributed by atoms with Gasteiger partial charge in [0, 0.05) is 55.4 Å². The van der Waals surface area contributed by atoms with Crippen LogP contribution in [0.2, 0.25) is 0 Å². The molecular formula is C29H49N5O. The first-order valence-corrected chi connectivity index (χ1v) is 14.4. The van der Waals surface area contributed by atoms with Gasteiger partial charge in [-0.2, -0.15) is 0 Å². The Balaban J connectivity index is 0.000000221. The van der Waals surface area contributed by atoms with Gasteiger partial charge in [-0.3, -0.25) is 9.69 Å². The van der Waals surface area contributed by atoms with Gasteiger partial charge in [0.2, 0.25) is 5.95 Å². The van der Waals surface area contributed by atoms with Crippen molar-refractivity contribution in [2.24, 2.45) is 11.8 Å². The van der Waals surface area contributed by atoms with Crippen molar-refractivity contribution < 1.29 is 4.79 Å². The van der Waals surface area contributed by atoms with E-state index in [9.17, 15) is 4.79 Å². The monoisotopic (exact) mass is 483 g/mol. The number of Topliss-reactive ketones (excluding diaryl/α,β-unsaturated/α-hetero) is 1. The second kappa shape index (κ2) is 12.1. The Bertz CT molecular complexity index is 782. The van der Waals surface area contributed by atoms with Crippen molar-refractivity contribution >= 4 is 11.7 Å². The molecule has 2 bridgehead atoms. The van der Waals surface area contributed by atoms with Gasteiger partial charge in [-0.05, 0) is 84.0 Å². The second-order valence-electron chi connectivity index (χ2n) is 12.1. The highest BCUT2D eigenvalue weighted by molar-refractivity contribution is 5.82. The van der Waals surface area contributed by atoms with Crippen LogP contribution in [-0.2, 0) is 4.79 Å². The smallest absolute Gasteiger partial charge is 0.225 e. The Morgan fingerprint density at radius 1 is 0.857 bits per heavy atom. The number of likely N-dealkylation sites (tertiary alicyclic amines) is 2. The van der Waals surface area contributed by atoms with Crippen molar-refractivity contribution in [3.05, 3.63) is 18.0 Å². The number of ketones is 1. The molecule has 1 saturated carbocycles. The maximum Gasteiger partial charge on any atom is 0.225 e. The lowest BCUT2D eigenvalue weighted by Gasteiger charge is -2.42. The number of hydrogen-bond acceptors (Lipinski definition) is 6. The molecule has 2 atom stereocenters. The molecule has 0 N–H and O–H groups in total. The van der Waals surface area contributed by atoms with Crippen molar-refractivity contribution in [3.63, 3.8) is 0 Å². The molecule has 2 unspecified atom stereocenters. The van der Waals surface area contributed by atoms with Crippen molar-refractivity contribution in [2.45, 2.75) is 110 Å². The van der Waals surface area contributed by atoms with E-state index in [4.69, 9.17) is 9.97 Å². The van der Waals surface area contributed by atoms with Gasteiger partial charge in [0.1, 0.15) is 5.78 Å². The zero-order valence-corrected chi connectivity index (χ0v) is 23.0. The minimum atomic E-state index is 0.248.